The molecule has 14 heteroatoms. The second-order valence-corrected chi connectivity index (χ2v) is 11.8. The number of aromatic nitrogens is 4. The van der Waals surface area contributed by atoms with E-state index in [4.69, 9.17) is 9.31 Å². The smallest absolute Gasteiger partial charge is 0.399 e. The molecule has 0 saturated carbocycles. The van der Waals surface area contributed by atoms with Crippen LogP contribution in [0.2, 0.25) is 0 Å². The van der Waals surface area contributed by atoms with Gasteiger partial charge in [-0.3, -0.25) is 0 Å². The van der Waals surface area contributed by atoms with Crippen molar-refractivity contribution in [2.24, 2.45) is 7.05 Å². The Kier molecular flexibility index (Phi) is 6.16. The zero-order chi connectivity index (χ0) is 26.8. The fourth-order valence-corrected chi connectivity index (χ4v) is 4.90. The highest BCUT2D eigenvalue weighted by Gasteiger charge is 2.53. The average Bonchev–Trinajstić information content (AvgIpc) is 3.23. The third-order valence-electron chi connectivity index (χ3n) is 6.72. The summed E-state index contributed by atoms with van der Waals surface area (Å²) in [7, 11) is -1.60. The van der Waals surface area contributed by atoms with Crippen LogP contribution in [0.1, 0.15) is 40.2 Å². The van der Waals surface area contributed by atoms with Crippen molar-refractivity contribution in [2.45, 2.75) is 56.9 Å². The molecule has 0 radical (unpaired) electrons. The maximum Gasteiger partial charge on any atom is 0.498 e. The fourth-order valence-electron chi connectivity index (χ4n) is 3.85. The number of alkyl halides is 3. The number of nitrogens with zero attached hydrogens (tertiary/aromatic N) is 4. The van der Waals surface area contributed by atoms with Crippen molar-refractivity contribution in [3.63, 3.8) is 0 Å². The summed E-state index contributed by atoms with van der Waals surface area (Å²) in [6, 6.07) is 2.31. The van der Waals surface area contributed by atoms with Gasteiger partial charge in [-0.15, -0.1) is 0 Å². The number of nitrogens with one attached hydrogen (secondary N) is 1. The second kappa shape index (κ2) is 8.42. The highest BCUT2D eigenvalue weighted by Crippen LogP contribution is 2.38. The lowest BCUT2D eigenvalue weighted by molar-refractivity contribution is -0.137. The summed E-state index contributed by atoms with van der Waals surface area (Å²) in [5.41, 5.74) is -1.83. The van der Waals surface area contributed by atoms with Gasteiger partial charge in [0.15, 0.2) is 21.3 Å². The number of imidazole rings is 1. The number of halogens is 3. The van der Waals surface area contributed by atoms with E-state index in [2.05, 4.69) is 20.3 Å². The van der Waals surface area contributed by atoms with E-state index in [1.807, 2.05) is 27.7 Å². The normalized spacial score (nSPS) is 17.7. The Morgan fingerprint density at radius 2 is 1.72 bits per heavy atom. The van der Waals surface area contributed by atoms with Crippen LogP contribution in [0.4, 0.5) is 19.0 Å². The van der Waals surface area contributed by atoms with Crippen LogP contribution in [0.25, 0.3) is 22.7 Å². The number of hydrogen-bond donors (Lipinski definition) is 1. The highest BCUT2D eigenvalue weighted by atomic mass is 32.2. The molecule has 0 aromatic carbocycles. The van der Waals surface area contributed by atoms with E-state index in [0.717, 1.165) is 6.07 Å². The molecule has 0 amide bonds. The number of rotatable bonds is 5. The zero-order valence-corrected chi connectivity index (χ0v) is 21.8. The third kappa shape index (κ3) is 4.24. The minimum absolute atomic E-state index is 0.0180. The van der Waals surface area contributed by atoms with Crippen molar-refractivity contribution in [1.82, 2.24) is 19.5 Å². The molecule has 3 aromatic rings. The topological polar surface area (TPSA) is 108 Å². The number of aryl methyl sites for hydroxylation is 1. The molecule has 0 unspecified atom stereocenters. The van der Waals surface area contributed by atoms with E-state index in [-0.39, 0.29) is 39.1 Å². The predicted molar refractivity (Wildman–Crippen MR) is 130 cm³/mol. The van der Waals surface area contributed by atoms with E-state index < -0.39 is 39.9 Å². The van der Waals surface area contributed by atoms with Gasteiger partial charge in [0, 0.05) is 25.8 Å². The average molecular weight is 525 g/mol. The van der Waals surface area contributed by atoms with Crippen molar-refractivity contribution in [2.75, 3.05) is 18.1 Å². The minimum Gasteiger partial charge on any atom is -0.399 e. The van der Waals surface area contributed by atoms with Crippen LogP contribution in [0, 0.1) is 0 Å². The monoisotopic (exact) mass is 525 g/mol. The fraction of sp³-hybridized carbons (Fsp3) is 0.500. The molecule has 4 rings (SSSR count). The molecule has 1 aliphatic rings. The molecule has 4 heterocycles. The van der Waals surface area contributed by atoms with Gasteiger partial charge in [0.05, 0.1) is 27.4 Å². The van der Waals surface area contributed by atoms with Gasteiger partial charge in [0.2, 0.25) is 0 Å². The van der Waals surface area contributed by atoms with E-state index in [9.17, 15) is 21.6 Å². The first-order valence-corrected chi connectivity index (χ1v) is 12.9. The van der Waals surface area contributed by atoms with Gasteiger partial charge in [0.1, 0.15) is 17.0 Å². The Morgan fingerprint density at radius 3 is 2.25 bits per heavy atom. The summed E-state index contributed by atoms with van der Waals surface area (Å²) in [6.07, 6.45) is -3.89. The van der Waals surface area contributed by atoms with Gasteiger partial charge in [-0.25, -0.2) is 23.4 Å². The van der Waals surface area contributed by atoms with Crippen LogP contribution in [0.3, 0.4) is 0 Å². The first-order chi connectivity index (χ1) is 16.5. The molecule has 0 spiro atoms. The molecular formula is C22H27BF3N5O4S. The predicted octanol–water partition coefficient (Wildman–Crippen LogP) is 3.18. The van der Waals surface area contributed by atoms with E-state index in [1.54, 1.807) is 7.05 Å². The number of sulfone groups is 1. The van der Waals surface area contributed by atoms with Gasteiger partial charge in [0.25, 0.3) is 0 Å². The Balaban J connectivity index is 1.96. The molecule has 0 atom stereocenters. The van der Waals surface area contributed by atoms with Crippen LogP contribution in [-0.2, 0) is 32.4 Å². The quantitative estimate of drug-likeness (QED) is 0.507. The summed E-state index contributed by atoms with van der Waals surface area (Å²) in [5, 5.41) is 2.95. The molecule has 194 valence electrons. The molecule has 1 aliphatic heterocycles. The third-order valence-corrected chi connectivity index (χ3v) is 8.47. The highest BCUT2D eigenvalue weighted by molar-refractivity contribution is 7.91. The summed E-state index contributed by atoms with van der Waals surface area (Å²) in [6.45, 7) is 8.99. The van der Waals surface area contributed by atoms with Crippen molar-refractivity contribution in [3.8, 4) is 11.5 Å². The lowest BCUT2D eigenvalue weighted by Crippen LogP contribution is -2.41. The summed E-state index contributed by atoms with van der Waals surface area (Å²) in [4.78, 5) is 12.6. The van der Waals surface area contributed by atoms with Crippen LogP contribution >= 0.6 is 0 Å². The summed E-state index contributed by atoms with van der Waals surface area (Å²) in [5.74, 6) is 0.111. The first kappa shape index (κ1) is 26.4. The Morgan fingerprint density at radius 1 is 1.11 bits per heavy atom. The SMILES string of the molecule is CCS(=O)(=O)c1cc(B2OC(C)(C)C(C)(C)O2)c(NC)nc1-c1nc2cc(C(F)(F)F)cnc2n1C. The van der Waals surface area contributed by atoms with Crippen LogP contribution < -0.4 is 10.8 Å². The molecule has 3 aromatic heterocycles. The number of pyridine rings is 2. The van der Waals surface area contributed by atoms with Crippen LogP contribution in [-0.4, -0.2) is 59.1 Å². The Bertz CT molecular complexity index is 1440. The lowest BCUT2D eigenvalue weighted by atomic mass is 9.79. The first-order valence-electron chi connectivity index (χ1n) is 11.2. The standard InChI is InChI=1S/C22H27BF3N5O4S/c1-8-36(32,33)15-10-13(23-34-20(2,3)21(4,5)35-23)17(27-6)30-16(15)19-29-14-9-12(22(24,25)26)11-28-18(14)31(19)7/h9-11H,8H2,1-7H3,(H,27,30). The van der Waals surface area contributed by atoms with Gasteiger partial charge in [-0.2, -0.15) is 13.2 Å². The molecule has 1 saturated heterocycles. The van der Waals surface area contributed by atoms with E-state index >= 15 is 0 Å². The summed E-state index contributed by atoms with van der Waals surface area (Å²) >= 11 is 0. The van der Waals surface area contributed by atoms with Gasteiger partial charge < -0.3 is 19.2 Å². The Labute approximate surface area is 207 Å². The van der Waals surface area contributed by atoms with Gasteiger partial charge >= 0.3 is 13.3 Å². The zero-order valence-electron chi connectivity index (χ0n) is 21.0. The Hall–Kier alpha value is -2.71. The van der Waals surface area contributed by atoms with Gasteiger partial charge in [-0.05, 0) is 39.8 Å². The molecule has 0 bridgehead atoms. The molecular weight excluding hydrogens is 498 g/mol. The van der Waals surface area contributed by atoms with Crippen molar-refractivity contribution in [1.29, 1.82) is 0 Å². The van der Waals surface area contributed by atoms with Crippen LogP contribution in [0.5, 0.6) is 0 Å². The largest absolute Gasteiger partial charge is 0.498 e. The molecule has 9 nitrogen and oxygen atoms in total. The van der Waals surface area contributed by atoms with E-state index in [1.165, 1.54) is 24.6 Å². The van der Waals surface area contributed by atoms with Crippen molar-refractivity contribution >= 4 is 39.4 Å². The maximum atomic E-state index is 13.2. The van der Waals surface area contributed by atoms with Crippen molar-refractivity contribution < 1.29 is 30.9 Å². The lowest BCUT2D eigenvalue weighted by Gasteiger charge is -2.32. The molecule has 1 N–H and O–H groups in total. The van der Waals surface area contributed by atoms with Crippen LogP contribution in [0.15, 0.2) is 23.2 Å². The molecule has 36 heavy (non-hydrogen) atoms. The van der Waals surface area contributed by atoms with E-state index in [0.29, 0.717) is 11.7 Å². The maximum absolute atomic E-state index is 13.2. The second-order valence-electron chi connectivity index (χ2n) is 9.57. The van der Waals surface area contributed by atoms with Crippen molar-refractivity contribution in [3.05, 3.63) is 23.9 Å². The number of anilines is 1. The van der Waals surface area contributed by atoms with Gasteiger partial charge in [-0.1, -0.05) is 6.92 Å². The number of hydrogen-bond acceptors (Lipinski definition) is 8. The molecule has 1 fully saturated rings. The molecule has 0 aliphatic carbocycles. The number of fused-ring (bicyclic) bond motifs is 1. The summed E-state index contributed by atoms with van der Waals surface area (Å²) < 4.78 is 79.7. The minimum atomic E-state index is -4.60.